The summed E-state index contributed by atoms with van der Waals surface area (Å²) in [6.45, 7) is 0. The Morgan fingerprint density at radius 1 is 1.19 bits per heavy atom. The first-order valence-electron chi connectivity index (χ1n) is 5.85. The van der Waals surface area contributed by atoms with E-state index in [0.717, 1.165) is 0 Å². The molecular weight excluding hydrogens is 297 g/mol. The van der Waals surface area contributed by atoms with E-state index in [1.165, 1.54) is 22.9 Å². The second-order valence-corrected chi connectivity index (χ2v) is 4.49. The highest BCUT2D eigenvalue weighted by atomic mass is 35.5. The maximum atomic E-state index is 13.3. The van der Waals surface area contributed by atoms with Gasteiger partial charge in [0.05, 0.1) is 0 Å². The Morgan fingerprint density at radius 2 is 2.05 bits per heavy atom. The number of halogens is 2. The van der Waals surface area contributed by atoms with Gasteiger partial charge >= 0.3 is 0 Å². The lowest BCUT2D eigenvalue weighted by molar-refractivity contribution is 0.628. The van der Waals surface area contributed by atoms with Crippen LogP contribution in [0.15, 0.2) is 36.7 Å². The highest BCUT2D eigenvalue weighted by Gasteiger charge is 2.08. The van der Waals surface area contributed by atoms with E-state index in [2.05, 4.69) is 25.4 Å². The molecule has 3 aromatic rings. The van der Waals surface area contributed by atoms with Gasteiger partial charge in [0.25, 0.3) is 5.95 Å². The van der Waals surface area contributed by atoms with Crippen LogP contribution in [-0.4, -0.2) is 24.7 Å². The van der Waals surface area contributed by atoms with Crippen molar-refractivity contribution in [3.8, 4) is 5.95 Å². The zero-order chi connectivity index (χ0) is 14.8. The lowest BCUT2D eigenvalue weighted by Crippen LogP contribution is -2.09. The lowest BCUT2D eigenvalue weighted by Gasteiger charge is -2.07. The molecule has 0 saturated carbocycles. The van der Waals surface area contributed by atoms with E-state index >= 15 is 0 Å². The third kappa shape index (κ3) is 3.06. The Morgan fingerprint density at radius 3 is 2.76 bits per heavy atom. The van der Waals surface area contributed by atoms with Crippen LogP contribution in [0.3, 0.4) is 0 Å². The first-order chi connectivity index (χ1) is 10.1. The van der Waals surface area contributed by atoms with E-state index < -0.39 is 5.82 Å². The van der Waals surface area contributed by atoms with Crippen molar-refractivity contribution in [2.75, 3.05) is 11.1 Å². The highest BCUT2D eigenvalue weighted by molar-refractivity contribution is 6.30. The summed E-state index contributed by atoms with van der Waals surface area (Å²) in [5, 5.41) is 7.08. The summed E-state index contributed by atoms with van der Waals surface area (Å²) in [6.07, 6.45) is 3.25. The van der Waals surface area contributed by atoms with E-state index in [9.17, 15) is 4.39 Å². The molecule has 9 heteroatoms. The number of nitrogens with zero attached hydrogens (tertiary/aromatic N) is 5. The predicted octanol–water partition coefficient (Wildman–Crippen LogP) is 2.18. The van der Waals surface area contributed by atoms with Gasteiger partial charge in [0.2, 0.25) is 11.9 Å². The van der Waals surface area contributed by atoms with Crippen molar-refractivity contribution in [2.24, 2.45) is 0 Å². The summed E-state index contributed by atoms with van der Waals surface area (Å²) >= 11 is 5.79. The number of benzene rings is 1. The molecule has 7 nitrogen and oxygen atoms in total. The minimum Gasteiger partial charge on any atom is -0.368 e. The maximum Gasteiger partial charge on any atom is 0.257 e. The molecule has 21 heavy (non-hydrogen) atoms. The molecular formula is C12H9ClFN7. The van der Waals surface area contributed by atoms with Crippen molar-refractivity contribution in [3.05, 3.63) is 47.5 Å². The molecule has 1 aromatic carbocycles. The minimum atomic E-state index is -0.473. The fourth-order valence-electron chi connectivity index (χ4n) is 1.68. The standard InChI is InChI=1S/C12H9ClFN7/c13-7-4-8(14)6-9(5-7)17-11-18-10(15)19-12(20-11)21-3-1-2-16-21/h1-6H,(H3,15,17,18,19,20). The molecule has 0 radical (unpaired) electrons. The summed E-state index contributed by atoms with van der Waals surface area (Å²) in [5.41, 5.74) is 6.04. The van der Waals surface area contributed by atoms with E-state index in [-0.39, 0.29) is 22.9 Å². The second kappa shape index (κ2) is 5.33. The molecule has 106 valence electrons. The molecule has 0 saturated heterocycles. The van der Waals surface area contributed by atoms with Crippen molar-refractivity contribution in [3.63, 3.8) is 0 Å². The van der Waals surface area contributed by atoms with Crippen LogP contribution < -0.4 is 11.1 Å². The fourth-order valence-corrected chi connectivity index (χ4v) is 1.90. The van der Waals surface area contributed by atoms with Gasteiger partial charge in [-0.05, 0) is 24.3 Å². The number of hydrogen-bond donors (Lipinski definition) is 2. The minimum absolute atomic E-state index is 0.0144. The van der Waals surface area contributed by atoms with Crippen molar-refractivity contribution in [1.29, 1.82) is 0 Å². The Hall–Kier alpha value is -2.74. The van der Waals surface area contributed by atoms with Gasteiger partial charge in [0.1, 0.15) is 5.82 Å². The number of nitrogens with one attached hydrogen (secondary N) is 1. The highest BCUT2D eigenvalue weighted by Crippen LogP contribution is 2.20. The number of anilines is 3. The molecule has 0 unspecified atom stereocenters. The lowest BCUT2D eigenvalue weighted by atomic mass is 10.3. The maximum absolute atomic E-state index is 13.3. The van der Waals surface area contributed by atoms with Crippen LogP contribution in [0.5, 0.6) is 0 Å². The van der Waals surface area contributed by atoms with Crippen molar-refractivity contribution < 1.29 is 4.39 Å². The normalized spacial score (nSPS) is 10.6. The Labute approximate surface area is 123 Å². The van der Waals surface area contributed by atoms with Gasteiger partial charge in [-0.15, -0.1) is 0 Å². The van der Waals surface area contributed by atoms with Gasteiger partial charge in [0.15, 0.2) is 0 Å². The monoisotopic (exact) mass is 305 g/mol. The van der Waals surface area contributed by atoms with E-state index in [0.29, 0.717) is 5.69 Å². The largest absolute Gasteiger partial charge is 0.368 e. The molecule has 3 rings (SSSR count). The SMILES string of the molecule is Nc1nc(Nc2cc(F)cc(Cl)c2)nc(-n2cccn2)n1. The van der Waals surface area contributed by atoms with E-state index in [1.807, 2.05) is 0 Å². The smallest absolute Gasteiger partial charge is 0.257 e. The van der Waals surface area contributed by atoms with Gasteiger partial charge in [-0.3, -0.25) is 0 Å². The third-order valence-electron chi connectivity index (χ3n) is 2.47. The molecule has 0 aliphatic carbocycles. The third-order valence-corrected chi connectivity index (χ3v) is 2.69. The van der Waals surface area contributed by atoms with Gasteiger partial charge < -0.3 is 11.1 Å². The first-order valence-corrected chi connectivity index (χ1v) is 6.22. The van der Waals surface area contributed by atoms with Crippen LogP contribution in [0.25, 0.3) is 5.95 Å². The zero-order valence-corrected chi connectivity index (χ0v) is 11.3. The molecule has 0 bridgehead atoms. The average Bonchev–Trinajstić information content (AvgIpc) is 2.90. The van der Waals surface area contributed by atoms with Crippen LogP contribution in [0, 0.1) is 5.82 Å². The molecule has 0 aliphatic heterocycles. The van der Waals surface area contributed by atoms with Gasteiger partial charge in [-0.1, -0.05) is 11.6 Å². The summed E-state index contributed by atoms with van der Waals surface area (Å²) in [7, 11) is 0. The quantitative estimate of drug-likeness (QED) is 0.770. The number of hydrogen-bond acceptors (Lipinski definition) is 6. The van der Waals surface area contributed by atoms with Crippen molar-refractivity contribution in [1.82, 2.24) is 24.7 Å². The fraction of sp³-hybridized carbons (Fsp3) is 0. The van der Waals surface area contributed by atoms with E-state index in [4.69, 9.17) is 17.3 Å². The number of rotatable bonds is 3. The molecule has 3 N–H and O–H groups in total. The molecule has 2 heterocycles. The van der Waals surface area contributed by atoms with Crippen LogP contribution in [-0.2, 0) is 0 Å². The number of nitrogens with two attached hydrogens (primary N) is 1. The zero-order valence-electron chi connectivity index (χ0n) is 10.5. The van der Waals surface area contributed by atoms with Crippen LogP contribution in [0.1, 0.15) is 0 Å². The number of nitrogen functional groups attached to an aromatic ring is 1. The average molecular weight is 306 g/mol. The van der Waals surface area contributed by atoms with Gasteiger partial charge in [-0.25, -0.2) is 9.07 Å². The Bertz CT molecular complexity index is 755. The van der Waals surface area contributed by atoms with Gasteiger partial charge in [-0.2, -0.15) is 20.1 Å². The summed E-state index contributed by atoms with van der Waals surface area (Å²) in [6, 6.07) is 5.72. The van der Waals surface area contributed by atoms with Crippen LogP contribution in [0.2, 0.25) is 5.02 Å². The first kappa shape index (κ1) is 13.3. The Kier molecular flexibility index (Phi) is 3.36. The van der Waals surface area contributed by atoms with Crippen molar-refractivity contribution >= 4 is 29.2 Å². The van der Waals surface area contributed by atoms with Crippen molar-refractivity contribution in [2.45, 2.75) is 0 Å². The summed E-state index contributed by atoms with van der Waals surface area (Å²) in [5.74, 6) is -0.0491. The van der Waals surface area contributed by atoms with Crippen LogP contribution in [0.4, 0.5) is 22.0 Å². The molecule has 0 fully saturated rings. The Balaban J connectivity index is 1.95. The summed E-state index contributed by atoms with van der Waals surface area (Å²) in [4.78, 5) is 12.1. The van der Waals surface area contributed by atoms with Crippen LogP contribution >= 0.6 is 11.6 Å². The molecule has 2 aromatic heterocycles. The predicted molar refractivity (Wildman–Crippen MR) is 76.1 cm³/mol. The molecule has 0 atom stereocenters. The summed E-state index contributed by atoms with van der Waals surface area (Å²) < 4.78 is 14.7. The topological polar surface area (TPSA) is 94.5 Å². The molecule has 0 aliphatic rings. The molecule has 0 spiro atoms. The molecule has 0 amide bonds. The van der Waals surface area contributed by atoms with E-state index in [1.54, 1.807) is 18.5 Å². The number of aromatic nitrogens is 5. The second-order valence-electron chi connectivity index (χ2n) is 4.05. The van der Waals surface area contributed by atoms with Gasteiger partial charge in [0, 0.05) is 23.1 Å².